The fraction of sp³-hybridized carbons (Fsp3) is 0.550. The van der Waals surface area contributed by atoms with Crippen molar-refractivity contribution in [1.29, 1.82) is 0 Å². The second-order valence-electron chi connectivity index (χ2n) is 7.17. The fourth-order valence-electron chi connectivity index (χ4n) is 3.95. The number of likely N-dealkylation sites (tertiary alicyclic amines) is 2. The molecule has 0 saturated carbocycles. The van der Waals surface area contributed by atoms with Crippen LogP contribution >= 0.6 is 0 Å². The number of aliphatic carboxylic acids is 1. The molecule has 0 bridgehead atoms. The Morgan fingerprint density at radius 2 is 1.69 bits per heavy atom. The summed E-state index contributed by atoms with van der Waals surface area (Å²) in [5.41, 5.74) is 1.15. The van der Waals surface area contributed by atoms with Crippen molar-refractivity contribution < 1.29 is 19.5 Å². The highest BCUT2D eigenvalue weighted by Crippen LogP contribution is 2.25. The van der Waals surface area contributed by atoms with Crippen LogP contribution in [0.3, 0.4) is 0 Å². The summed E-state index contributed by atoms with van der Waals surface area (Å²) < 4.78 is 0. The molecule has 2 fully saturated rings. The molecule has 3 rings (SSSR count). The van der Waals surface area contributed by atoms with E-state index >= 15 is 0 Å². The van der Waals surface area contributed by atoms with Crippen molar-refractivity contribution in [3.05, 3.63) is 35.9 Å². The van der Waals surface area contributed by atoms with Gasteiger partial charge >= 0.3 is 5.97 Å². The van der Waals surface area contributed by atoms with Crippen molar-refractivity contribution in [2.75, 3.05) is 19.6 Å². The number of piperidine rings is 1. The third-order valence-corrected chi connectivity index (χ3v) is 5.49. The largest absolute Gasteiger partial charge is 0.480 e. The summed E-state index contributed by atoms with van der Waals surface area (Å²) in [7, 11) is 0. The Kier molecular flexibility index (Phi) is 5.91. The van der Waals surface area contributed by atoms with Gasteiger partial charge in [-0.1, -0.05) is 30.3 Å². The average molecular weight is 358 g/mol. The molecule has 0 spiro atoms. The van der Waals surface area contributed by atoms with Gasteiger partial charge in [0, 0.05) is 32.0 Å². The second kappa shape index (κ2) is 8.34. The van der Waals surface area contributed by atoms with E-state index in [2.05, 4.69) is 0 Å². The number of amides is 2. The van der Waals surface area contributed by atoms with Crippen LogP contribution in [0.15, 0.2) is 30.3 Å². The number of carboxylic acid groups (broad SMARTS) is 1. The van der Waals surface area contributed by atoms with E-state index in [0.29, 0.717) is 45.3 Å². The molecule has 2 saturated heterocycles. The predicted molar refractivity (Wildman–Crippen MR) is 96.4 cm³/mol. The van der Waals surface area contributed by atoms with Crippen molar-refractivity contribution in [1.82, 2.24) is 9.80 Å². The Labute approximate surface area is 153 Å². The Balaban J connectivity index is 1.47. The maximum absolute atomic E-state index is 12.7. The van der Waals surface area contributed by atoms with Crippen LogP contribution in [0, 0.1) is 5.92 Å². The van der Waals surface area contributed by atoms with Gasteiger partial charge in [-0.3, -0.25) is 9.59 Å². The molecule has 6 heteroatoms. The number of hydrogen-bond acceptors (Lipinski definition) is 3. The molecule has 1 N–H and O–H groups in total. The number of nitrogens with zero attached hydrogens (tertiary/aromatic N) is 2. The Hall–Kier alpha value is -2.37. The number of hydrogen-bond donors (Lipinski definition) is 1. The molecular formula is C20H26N2O4. The van der Waals surface area contributed by atoms with E-state index in [0.717, 1.165) is 18.4 Å². The average Bonchev–Trinajstić information content (AvgIpc) is 3.16. The van der Waals surface area contributed by atoms with E-state index in [1.165, 1.54) is 4.90 Å². The summed E-state index contributed by atoms with van der Waals surface area (Å²) in [5.74, 6) is -0.992. The number of carboxylic acids is 1. The summed E-state index contributed by atoms with van der Waals surface area (Å²) in [6, 6.07) is 9.27. The molecule has 0 radical (unpaired) electrons. The van der Waals surface area contributed by atoms with Gasteiger partial charge in [0.05, 0.1) is 0 Å². The van der Waals surface area contributed by atoms with Gasteiger partial charge in [0.2, 0.25) is 11.8 Å². The smallest absolute Gasteiger partial charge is 0.326 e. The van der Waals surface area contributed by atoms with Crippen molar-refractivity contribution in [2.45, 2.75) is 44.6 Å². The zero-order chi connectivity index (χ0) is 18.5. The zero-order valence-electron chi connectivity index (χ0n) is 15.0. The minimum Gasteiger partial charge on any atom is -0.480 e. The second-order valence-corrected chi connectivity index (χ2v) is 7.17. The van der Waals surface area contributed by atoms with Crippen molar-refractivity contribution >= 4 is 17.8 Å². The molecule has 2 amide bonds. The van der Waals surface area contributed by atoms with E-state index in [4.69, 9.17) is 0 Å². The van der Waals surface area contributed by atoms with Crippen LogP contribution in [-0.2, 0) is 20.8 Å². The molecule has 26 heavy (non-hydrogen) atoms. The van der Waals surface area contributed by atoms with E-state index in [-0.39, 0.29) is 17.7 Å². The van der Waals surface area contributed by atoms with Gasteiger partial charge < -0.3 is 14.9 Å². The van der Waals surface area contributed by atoms with Crippen molar-refractivity contribution in [3.8, 4) is 0 Å². The van der Waals surface area contributed by atoms with Crippen LogP contribution in [0.2, 0.25) is 0 Å². The molecule has 1 aromatic rings. The first-order chi connectivity index (χ1) is 12.6. The van der Waals surface area contributed by atoms with E-state index in [9.17, 15) is 19.5 Å². The number of rotatable bonds is 5. The molecular weight excluding hydrogens is 332 g/mol. The summed E-state index contributed by atoms with van der Waals surface area (Å²) in [6.45, 7) is 1.69. The molecule has 2 heterocycles. The predicted octanol–water partition coefficient (Wildman–Crippen LogP) is 1.93. The van der Waals surface area contributed by atoms with Crippen LogP contribution < -0.4 is 0 Å². The quantitative estimate of drug-likeness (QED) is 0.872. The highest BCUT2D eigenvalue weighted by molar-refractivity contribution is 5.86. The monoisotopic (exact) mass is 358 g/mol. The van der Waals surface area contributed by atoms with Crippen molar-refractivity contribution in [3.63, 3.8) is 0 Å². The van der Waals surface area contributed by atoms with Crippen LogP contribution in [0.25, 0.3) is 0 Å². The van der Waals surface area contributed by atoms with Crippen LogP contribution in [-0.4, -0.2) is 58.4 Å². The normalized spacial score (nSPS) is 21.0. The topological polar surface area (TPSA) is 77.9 Å². The van der Waals surface area contributed by atoms with Gasteiger partial charge in [-0.2, -0.15) is 0 Å². The van der Waals surface area contributed by atoms with Crippen LogP contribution in [0.1, 0.15) is 37.7 Å². The molecule has 2 aliphatic heterocycles. The Morgan fingerprint density at radius 3 is 2.35 bits per heavy atom. The SMILES string of the molecule is O=C(O)[C@@H]1CCCN1C(=O)C1CCN(C(=O)CCc2ccccc2)CC1. The molecule has 1 atom stereocenters. The third-order valence-electron chi connectivity index (χ3n) is 5.49. The van der Waals surface area contributed by atoms with Crippen LogP contribution in [0.4, 0.5) is 0 Å². The Bertz CT molecular complexity index is 653. The molecule has 0 unspecified atom stereocenters. The molecule has 0 aromatic heterocycles. The molecule has 140 valence electrons. The maximum Gasteiger partial charge on any atom is 0.326 e. The number of carbonyl (C=O) groups excluding carboxylic acids is 2. The lowest BCUT2D eigenvalue weighted by molar-refractivity contribution is -0.151. The summed E-state index contributed by atoms with van der Waals surface area (Å²) in [4.78, 5) is 39.7. The van der Waals surface area contributed by atoms with Gasteiger partial charge in [-0.15, -0.1) is 0 Å². The standard InChI is InChI=1S/C20H26N2O4/c23-18(9-8-15-5-2-1-3-6-15)21-13-10-16(11-14-21)19(24)22-12-4-7-17(22)20(25)26/h1-3,5-6,16-17H,4,7-14H2,(H,25,26)/t17-/m0/s1. The maximum atomic E-state index is 12.7. The summed E-state index contributed by atoms with van der Waals surface area (Å²) in [6.07, 6.45) is 3.75. The van der Waals surface area contributed by atoms with E-state index in [1.807, 2.05) is 35.2 Å². The van der Waals surface area contributed by atoms with Gasteiger partial charge in [0.25, 0.3) is 0 Å². The highest BCUT2D eigenvalue weighted by Gasteiger charge is 2.38. The van der Waals surface area contributed by atoms with E-state index in [1.54, 1.807) is 0 Å². The zero-order valence-corrected chi connectivity index (χ0v) is 15.0. The molecule has 0 aliphatic carbocycles. The van der Waals surface area contributed by atoms with E-state index < -0.39 is 12.0 Å². The lowest BCUT2D eigenvalue weighted by Gasteiger charge is -2.34. The summed E-state index contributed by atoms with van der Waals surface area (Å²) >= 11 is 0. The first-order valence-electron chi connectivity index (χ1n) is 9.41. The molecule has 2 aliphatic rings. The number of benzene rings is 1. The van der Waals surface area contributed by atoms with Gasteiger partial charge in [-0.25, -0.2) is 4.79 Å². The first kappa shape index (κ1) is 18.4. The van der Waals surface area contributed by atoms with Crippen LogP contribution in [0.5, 0.6) is 0 Å². The molecule has 1 aromatic carbocycles. The fourth-order valence-corrected chi connectivity index (χ4v) is 3.95. The first-order valence-corrected chi connectivity index (χ1v) is 9.41. The third kappa shape index (κ3) is 4.23. The van der Waals surface area contributed by atoms with Crippen molar-refractivity contribution in [2.24, 2.45) is 5.92 Å². The lowest BCUT2D eigenvalue weighted by Crippen LogP contribution is -2.47. The molecule has 6 nitrogen and oxygen atoms in total. The number of carbonyl (C=O) groups is 3. The van der Waals surface area contributed by atoms with Gasteiger partial charge in [0.15, 0.2) is 0 Å². The lowest BCUT2D eigenvalue weighted by atomic mass is 9.94. The minimum absolute atomic E-state index is 0.0497. The van der Waals surface area contributed by atoms with Gasteiger partial charge in [0.1, 0.15) is 6.04 Å². The Morgan fingerprint density at radius 1 is 1.00 bits per heavy atom. The summed E-state index contributed by atoms with van der Waals surface area (Å²) in [5, 5.41) is 9.25. The minimum atomic E-state index is -0.913. The van der Waals surface area contributed by atoms with Gasteiger partial charge in [-0.05, 0) is 37.7 Å². The highest BCUT2D eigenvalue weighted by atomic mass is 16.4. The number of aryl methyl sites for hydroxylation is 1.